The second-order valence-electron chi connectivity index (χ2n) is 3.39. The van der Waals surface area contributed by atoms with Crippen molar-refractivity contribution in [1.82, 2.24) is 14.8 Å². The molecule has 0 spiro atoms. The summed E-state index contributed by atoms with van der Waals surface area (Å²) in [5, 5.41) is 13.3. The largest absolute Gasteiger partial charge is 0.506 e. The molecule has 0 aliphatic heterocycles. The molecule has 0 amide bonds. The molecule has 0 atom stereocenters. The summed E-state index contributed by atoms with van der Waals surface area (Å²) in [6, 6.07) is 3.36. The summed E-state index contributed by atoms with van der Waals surface area (Å²) < 4.78 is 6.77. The van der Waals surface area contributed by atoms with E-state index in [4.69, 9.17) is 9.84 Å². The average molecular weight is 219 g/mol. The lowest BCUT2D eigenvalue weighted by Crippen LogP contribution is -2.03. The molecular formula is C11H13N3O2. The van der Waals surface area contributed by atoms with Gasteiger partial charge in [-0.15, -0.1) is 0 Å². The molecule has 2 aromatic rings. The summed E-state index contributed by atoms with van der Waals surface area (Å²) in [6.07, 6.45) is 5.06. The fourth-order valence-electron chi connectivity index (χ4n) is 1.36. The van der Waals surface area contributed by atoms with Gasteiger partial charge < -0.3 is 9.84 Å². The van der Waals surface area contributed by atoms with Crippen LogP contribution in [0.4, 0.5) is 0 Å². The summed E-state index contributed by atoms with van der Waals surface area (Å²) in [7, 11) is 1.66. The fraction of sp³-hybridized carbons (Fsp3) is 0.273. The highest BCUT2D eigenvalue weighted by atomic mass is 16.5. The smallest absolute Gasteiger partial charge is 0.133 e. The van der Waals surface area contributed by atoms with E-state index in [1.807, 2.05) is 6.20 Å². The zero-order valence-corrected chi connectivity index (χ0v) is 9.00. The molecule has 0 radical (unpaired) electrons. The molecule has 0 aromatic carbocycles. The maximum atomic E-state index is 9.13. The van der Waals surface area contributed by atoms with Gasteiger partial charge in [-0.3, -0.25) is 9.67 Å². The van der Waals surface area contributed by atoms with E-state index >= 15 is 0 Å². The molecule has 0 bridgehead atoms. The molecule has 2 rings (SSSR count). The molecule has 0 fully saturated rings. The van der Waals surface area contributed by atoms with Crippen molar-refractivity contribution in [3.8, 4) is 17.0 Å². The maximum Gasteiger partial charge on any atom is 0.133 e. The van der Waals surface area contributed by atoms with Crippen LogP contribution in [0, 0.1) is 0 Å². The van der Waals surface area contributed by atoms with Crippen molar-refractivity contribution in [2.24, 2.45) is 0 Å². The molecule has 0 saturated heterocycles. The molecule has 2 heterocycles. The number of nitrogens with zero attached hydrogens (tertiary/aromatic N) is 3. The van der Waals surface area contributed by atoms with Crippen molar-refractivity contribution in [2.75, 3.05) is 13.7 Å². The van der Waals surface area contributed by atoms with Crippen LogP contribution in [-0.4, -0.2) is 33.6 Å². The lowest BCUT2D eigenvalue weighted by atomic mass is 10.2. The van der Waals surface area contributed by atoms with Crippen molar-refractivity contribution in [1.29, 1.82) is 0 Å². The van der Waals surface area contributed by atoms with Gasteiger partial charge in [0.1, 0.15) is 5.75 Å². The molecule has 0 unspecified atom stereocenters. The van der Waals surface area contributed by atoms with E-state index in [0.29, 0.717) is 13.2 Å². The van der Waals surface area contributed by atoms with Crippen molar-refractivity contribution >= 4 is 0 Å². The van der Waals surface area contributed by atoms with Crippen molar-refractivity contribution < 1.29 is 9.84 Å². The second-order valence-corrected chi connectivity index (χ2v) is 3.39. The van der Waals surface area contributed by atoms with Gasteiger partial charge in [-0.2, -0.15) is 5.10 Å². The van der Waals surface area contributed by atoms with Gasteiger partial charge in [0.05, 0.1) is 31.2 Å². The standard InChI is InChI=1S/C11H13N3O2/c1-16-5-4-14-8-9(6-13-14)11-3-2-10(15)7-12-11/h2-3,6-8,15H,4-5H2,1H3. The first-order valence-corrected chi connectivity index (χ1v) is 4.96. The van der Waals surface area contributed by atoms with Crippen LogP contribution in [0.25, 0.3) is 11.3 Å². The van der Waals surface area contributed by atoms with Crippen LogP contribution in [0.5, 0.6) is 5.75 Å². The third-order valence-corrected chi connectivity index (χ3v) is 2.20. The second kappa shape index (κ2) is 4.76. The van der Waals surface area contributed by atoms with Gasteiger partial charge in [0.25, 0.3) is 0 Å². The van der Waals surface area contributed by atoms with Gasteiger partial charge in [0.2, 0.25) is 0 Å². The molecule has 0 saturated carbocycles. The SMILES string of the molecule is COCCn1cc(-c2ccc(O)cn2)cn1. The summed E-state index contributed by atoms with van der Waals surface area (Å²) in [5.74, 6) is 0.163. The van der Waals surface area contributed by atoms with Crippen molar-refractivity contribution in [3.05, 3.63) is 30.7 Å². The number of aromatic hydroxyl groups is 1. The Hall–Kier alpha value is -1.88. The molecule has 84 valence electrons. The Labute approximate surface area is 93.3 Å². The number of ether oxygens (including phenoxy) is 1. The van der Waals surface area contributed by atoms with Crippen LogP contribution in [-0.2, 0) is 11.3 Å². The first-order chi connectivity index (χ1) is 7.79. The molecule has 0 aliphatic carbocycles. The molecule has 1 N–H and O–H groups in total. The van der Waals surface area contributed by atoms with Crippen LogP contribution >= 0.6 is 0 Å². The normalized spacial score (nSPS) is 10.6. The minimum atomic E-state index is 0.163. The Morgan fingerprint density at radius 2 is 2.25 bits per heavy atom. The highest BCUT2D eigenvalue weighted by Gasteiger charge is 2.02. The van der Waals surface area contributed by atoms with Crippen molar-refractivity contribution in [2.45, 2.75) is 6.54 Å². The number of rotatable bonds is 4. The van der Waals surface area contributed by atoms with Gasteiger partial charge in [-0.1, -0.05) is 0 Å². The highest BCUT2D eigenvalue weighted by Crippen LogP contribution is 2.17. The van der Waals surface area contributed by atoms with Gasteiger partial charge in [-0.05, 0) is 12.1 Å². The predicted octanol–water partition coefficient (Wildman–Crippen LogP) is 1.30. The van der Waals surface area contributed by atoms with Crippen LogP contribution in [0.2, 0.25) is 0 Å². The third-order valence-electron chi connectivity index (χ3n) is 2.20. The van der Waals surface area contributed by atoms with Gasteiger partial charge in [0.15, 0.2) is 0 Å². The summed E-state index contributed by atoms with van der Waals surface area (Å²) >= 11 is 0. The third kappa shape index (κ3) is 2.38. The van der Waals surface area contributed by atoms with Gasteiger partial charge >= 0.3 is 0 Å². The van der Waals surface area contributed by atoms with Gasteiger partial charge in [-0.25, -0.2) is 0 Å². The van der Waals surface area contributed by atoms with E-state index < -0.39 is 0 Å². The molecule has 5 heteroatoms. The Morgan fingerprint density at radius 3 is 2.94 bits per heavy atom. The van der Waals surface area contributed by atoms with Crippen molar-refractivity contribution in [3.63, 3.8) is 0 Å². The quantitative estimate of drug-likeness (QED) is 0.841. The number of methoxy groups -OCH3 is 1. The minimum Gasteiger partial charge on any atom is -0.506 e. The number of pyridine rings is 1. The summed E-state index contributed by atoms with van der Waals surface area (Å²) in [4.78, 5) is 4.11. The first kappa shape index (κ1) is 10.6. The Bertz CT molecular complexity index is 451. The molecule has 16 heavy (non-hydrogen) atoms. The topological polar surface area (TPSA) is 60.2 Å². The lowest BCUT2D eigenvalue weighted by molar-refractivity contribution is 0.183. The molecule has 2 aromatic heterocycles. The Balaban J connectivity index is 2.15. The van der Waals surface area contributed by atoms with E-state index in [1.54, 1.807) is 30.1 Å². The molecule has 0 aliphatic rings. The van der Waals surface area contributed by atoms with E-state index in [-0.39, 0.29) is 5.75 Å². The number of hydrogen-bond acceptors (Lipinski definition) is 4. The molecule has 5 nitrogen and oxygen atoms in total. The van der Waals surface area contributed by atoms with Crippen LogP contribution in [0.15, 0.2) is 30.7 Å². The number of aromatic nitrogens is 3. The lowest BCUT2D eigenvalue weighted by Gasteiger charge is -1.98. The van der Waals surface area contributed by atoms with Crippen LogP contribution in [0.3, 0.4) is 0 Å². The summed E-state index contributed by atoms with van der Waals surface area (Å²) in [6.45, 7) is 1.35. The highest BCUT2D eigenvalue weighted by molar-refractivity contribution is 5.57. The number of hydrogen-bond donors (Lipinski definition) is 1. The zero-order valence-electron chi connectivity index (χ0n) is 9.00. The maximum absolute atomic E-state index is 9.13. The van der Waals surface area contributed by atoms with Crippen LogP contribution in [0.1, 0.15) is 0 Å². The van der Waals surface area contributed by atoms with Crippen LogP contribution < -0.4 is 0 Å². The molecular weight excluding hydrogens is 206 g/mol. The fourth-order valence-corrected chi connectivity index (χ4v) is 1.36. The zero-order chi connectivity index (χ0) is 11.4. The minimum absolute atomic E-state index is 0.163. The van der Waals surface area contributed by atoms with E-state index in [0.717, 1.165) is 11.3 Å². The Morgan fingerprint density at radius 1 is 1.38 bits per heavy atom. The monoisotopic (exact) mass is 219 g/mol. The average Bonchev–Trinajstić information content (AvgIpc) is 2.76. The first-order valence-electron chi connectivity index (χ1n) is 4.96. The predicted molar refractivity (Wildman–Crippen MR) is 59.0 cm³/mol. The van der Waals surface area contributed by atoms with E-state index in [1.165, 1.54) is 6.20 Å². The Kier molecular flexibility index (Phi) is 3.16. The van der Waals surface area contributed by atoms with Gasteiger partial charge in [0, 0.05) is 18.9 Å². The van der Waals surface area contributed by atoms with E-state index in [9.17, 15) is 0 Å². The summed E-state index contributed by atoms with van der Waals surface area (Å²) in [5.41, 5.74) is 1.72. The van der Waals surface area contributed by atoms with E-state index in [2.05, 4.69) is 10.1 Å².